The van der Waals surface area contributed by atoms with Crippen molar-refractivity contribution in [2.45, 2.75) is 38.6 Å². The number of anilines is 1. The summed E-state index contributed by atoms with van der Waals surface area (Å²) >= 11 is 6.15. The molecule has 1 atom stereocenters. The molecule has 0 radical (unpaired) electrons. The van der Waals surface area contributed by atoms with Crippen LogP contribution < -0.4 is 5.32 Å². The van der Waals surface area contributed by atoms with E-state index in [-0.39, 0.29) is 0 Å². The second-order valence-electron chi connectivity index (χ2n) is 7.34. The average molecular weight is 416 g/mol. The lowest BCUT2D eigenvalue weighted by atomic mass is 9.96. The van der Waals surface area contributed by atoms with Crippen molar-refractivity contribution < 1.29 is 9.53 Å². The molecular weight excluding hydrogens is 390 g/mol. The van der Waals surface area contributed by atoms with Gasteiger partial charge in [-0.3, -0.25) is 5.32 Å². The Labute approximate surface area is 176 Å². The molecule has 0 bridgehead atoms. The van der Waals surface area contributed by atoms with E-state index in [1.807, 2.05) is 30.3 Å². The van der Waals surface area contributed by atoms with Gasteiger partial charge in [-0.25, -0.2) is 4.79 Å². The van der Waals surface area contributed by atoms with E-state index in [4.69, 9.17) is 16.3 Å². The van der Waals surface area contributed by atoms with Crippen LogP contribution >= 0.6 is 11.6 Å². The molecule has 1 aliphatic rings. The van der Waals surface area contributed by atoms with Crippen molar-refractivity contribution in [3.63, 3.8) is 0 Å². The smallest absolute Gasteiger partial charge is 0.411 e. The third-order valence-electron chi connectivity index (χ3n) is 5.40. The molecular formula is C22H26ClN3O3. The van der Waals surface area contributed by atoms with Gasteiger partial charge in [0.2, 0.25) is 0 Å². The van der Waals surface area contributed by atoms with Gasteiger partial charge in [-0.15, -0.1) is 4.91 Å². The Morgan fingerprint density at radius 3 is 2.90 bits per heavy atom. The van der Waals surface area contributed by atoms with Crippen molar-refractivity contribution in [2.75, 3.05) is 25.5 Å². The number of rotatable bonds is 6. The van der Waals surface area contributed by atoms with Crippen LogP contribution in [-0.4, -0.2) is 37.2 Å². The van der Waals surface area contributed by atoms with Crippen LogP contribution in [0.4, 0.5) is 16.2 Å². The zero-order valence-electron chi connectivity index (χ0n) is 16.8. The molecule has 7 heteroatoms. The number of nitrogens with one attached hydrogen (secondary N) is 1. The zero-order chi connectivity index (χ0) is 20.8. The minimum atomic E-state index is -0.442. The number of carbonyl (C=O) groups is 1. The van der Waals surface area contributed by atoms with Crippen LogP contribution in [0.1, 0.15) is 30.0 Å². The van der Waals surface area contributed by atoms with E-state index in [1.165, 1.54) is 5.56 Å². The molecule has 2 aromatic rings. The number of halogens is 1. The molecule has 1 heterocycles. The molecule has 0 saturated carbocycles. The lowest BCUT2D eigenvalue weighted by Gasteiger charge is -2.26. The van der Waals surface area contributed by atoms with Gasteiger partial charge in [0.1, 0.15) is 5.69 Å². The number of nitroso groups, excluding NO2 is 1. The van der Waals surface area contributed by atoms with Gasteiger partial charge in [0, 0.05) is 18.3 Å². The number of hydrogen-bond donors (Lipinski definition) is 1. The first-order chi connectivity index (χ1) is 14.0. The first-order valence-corrected chi connectivity index (χ1v) is 10.3. The molecule has 1 amide bonds. The standard InChI is InChI=1S/C22H26ClN3O3/c1-3-29-22(27)24-18-6-4-5-15(11-18)7-8-19-12-17-14-21(25-28)20(23)13-16(17)9-10-26(19)2/h4-6,11,13-14,19H,3,7-10,12H2,1-2H3,(H,24,27). The maximum atomic E-state index is 11.6. The third-order valence-corrected chi connectivity index (χ3v) is 5.70. The number of benzene rings is 2. The van der Waals surface area contributed by atoms with Crippen LogP contribution in [0.5, 0.6) is 0 Å². The number of ether oxygens (including phenoxy) is 1. The lowest BCUT2D eigenvalue weighted by Crippen LogP contribution is -2.33. The Kier molecular flexibility index (Phi) is 7.23. The highest BCUT2D eigenvalue weighted by atomic mass is 35.5. The summed E-state index contributed by atoms with van der Waals surface area (Å²) in [5.74, 6) is 0. The normalized spacial score (nSPS) is 16.6. The van der Waals surface area contributed by atoms with E-state index in [1.54, 1.807) is 6.92 Å². The van der Waals surface area contributed by atoms with Gasteiger partial charge in [-0.05, 0) is 85.8 Å². The van der Waals surface area contributed by atoms with Crippen molar-refractivity contribution in [1.29, 1.82) is 0 Å². The highest BCUT2D eigenvalue weighted by Gasteiger charge is 2.22. The summed E-state index contributed by atoms with van der Waals surface area (Å²) < 4.78 is 4.93. The van der Waals surface area contributed by atoms with E-state index >= 15 is 0 Å². The predicted octanol–water partition coefficient (Wildman–Crippen LogP) is 5.34. The van der Waals surface area contributed by atoms with Crippen molar-refractivity contribution in [1.82, 2.24) is 4.90 Å². The molecule has 0 saturated heterocycles. The van der Waals surface area contributed by atoms with Gasteiger partial charge in [0.05, 0.1) is 11.6 Å². The number of amides is 1. The van der Waals surface area contributed by atoms with Crippen LogP contribution in [0.15, 0.2) is 41.6 Å². The van der Waals surface area contributed by atoms with Crippen molar-refractivity contribution in [3.05, 3.63) is 63.0 Å². The Morgan fingerprint density at radius 2 is 2.14 bits per heavy atom. The van der Waals surface area contributed by atoms with Crippen molar-refractivity contribution in [3.8, 4) is 0 Å². The van der Waals surface area contributed by atoms with E-state index < -0.39 is 6.09 Å². The second kappa shape index (κ2) is 9.85. The summed E-state index contributed by atoms with van der Waals surface area (Å²) in [7, 11) is 2.13. The van der Waals surface area contributed by atoms with Crippen LogP contribution in [0.3, 0.4) is 0 Å². The molecule has 1 aliphatic heterocycles. The summed E-state index contributed by atoms with van der Waals surface area (Å²) in [6.07, 6.45) is 3.16. The topological polar surface area (TPSA) is 71.0 Å². The number of aryl methyl sites for hydroxylation is 1. The largest absolute Gasteiger partial charge is 0.450 e. The van der Waals surface area contributed by atoms with Crippen LogP contribution in [0, 0.1) is 4.91 Å². The molecule has 1 unspecified atom stereocenters. The van der Waals surface area contributed by atoms with Gasteiger partial charge in [-0.1, -0.05) is 23.7 Å². The summed E-state index contributed by atoms with van der Waals surface area (Å²) in [6.45, 7) is 3.05. The highest BCUT2D eigenvalue weighted by Crippen LogP contribution is 2.32. The first-order valence-electron chi connectivity index (χ1n) is 9.87. The fourth-order valence-corrected chi connectivity index (χ4v) is 3.99. The minimum Gasteiger partial charge on any atom is -0.450 e. The van der Waals surface area contributed by atoms with Gasteiger partial charge in [-0.2, -0.15) is 0 Å². The molecule has 3 rings (SSSR count). The van der Waals surface area contributed by atoms with E-state index in [0.717, 1.165) is 49.0 Å². The van der Waals surface area contributed by atoms with E-state index in [2.05, 4.69) is 28.5 Å². The first kappa shape index (κ1) is 21.3. The fourth-order valence-electron chi connectivity index (χ4n) is 3.77. The SMILES string of the molecule is CCOC(=O)Nc1cccc(CCC2Cc3cc(N=O)c(Cl)cc3CCN2C)c1. The van der Waals surface area contributed by atoms with Gasteiger partial charge >= 0.3 is 6.09 Å². The Hall–Kier alpha value is -2.44. The summed E-state index contributed by atoms with van der Waals surface area (Å²) in [5.41, 5.74) is 4.54. The molecule has 0 aliphatic carbocycles. The third kappa shape index (κ3) is 5.55. The number of hydrogen-bond acceptors (Lipinski definition) is 5. The van der Waals surface area contributed by atoms with Crippen LogP contribution in [0.25, 0.3) is 0 Å². The average Bonchev–Trinajstić information content (AvgIpc) is 2.85. The van der Waals surface area contributed by atoms with Gasteiger partial charge in [0.15, 0.2) is 0 Å². The lowest BCUT2D eigenvalue weighted by molar-refractivity contribution is 0.168. The molecule has 0 spiro atoms. The summed E-state index contributed by atoms with van der Waals surface area (Å²) in [6, 6.07) is 11.9. The van der Waals surface area contributed by atoms with Crippen LogP contribution in [-0.2, 0) is 24.0 Å². The molecule has 0 fully saturated rings. The summed E-state index contributed by atoms with van der Waals surface area (Å²) in [4.78, 5) is 25.0. The maximum absolute atomic E-state index is 11.6. The minimum absolute atomic E-state index is 0.312. The Balaban J connectivity index is 1.68. The zero-order valence-corrected chi connectivity index (χ0v) is 17.5. The van der Waals surface area contributed by atoms with Crippen molar-refractivity contribution >= 4 is 29.1 Å². The number of fused-ring (bicyclic) bond motifs is 1. The van der Waals surface area contributed by atoms with Gasteiger partial charge in [0.25, 0.3) is 0 Å². The fraction of sp³-hybridized carbons (Fsp3) is 0.409. The van der Waals surface area contributed by atoms with Crippen molar-refractivity contribution in [2.24, 2.45) is 5.18 Å². The van der Waals surface area contributed by atoms with Crippen LogP contribution in [0.2, 0.25) is 5.02 Å². The monoisotopic (exact) mass is 415 g/mol. The quantitative estimate of drug-likeness (QED) is 0.646. The molecule has 154 valence electrons. The Bertz CT molecular complexity index is 888. The number of carbonyl (C=O) groups excluding carboxylic acids is 1. The predicted molar refractivity (Wildman–Crippen MR) is 116 cm³/mol. The molecule has 29 heavy (non-hydrogen) atoms. The molecule has 1 N–H and O–H groups in total. The van der Waals surface area contributed by atoms with Gasteiger partial charge < -0.3 is 9.64 Å². The number of nitrogens with zero attached hydrogens (tertiary/aromatic N) is 2. The second-order valence-corrected chi connectivity index (χ2v) is 7.74. The Morgan fingerprint density at radius 1 is 1.31 bits per heavy atom. The highest BCUT2D eigenvalue weighted by molar-refractivity contribution is 6.33. The molecule has 2 aromatic carbocycles. The molecule has 6 nitrogen and oxygen atoms in total. The van der Waals surface area contributed by atoms with E-state index in [0.29, 0.717) is 23.4 Å². The molecule has 0 aromatic heterocycles. The van der Waals surface area contributed by atoms with E-state index in [9.17, 15) is 9.70 Å². The summed E-state index contributed by atoms with van der Waals surface area (Å²) in [5, 5.41) is 6.22. The number of likely N-dealkylation sites (N-methyl/N-ethyl adjacent to an activating group) is 1. The maximum Gasteiger partial charge on any atom is 0.411 e.